The maximum atomic E-state index is 4.39. The van der Waals surface area contributed by atoms with Crippen molar-refractivity contribution in [3.63, 3.8) is 0 Å². The van der Waals surface area contributed by atoms with Gasteiger partial charge >= 0.3 is 0 Å². The summed E-state index contributed by atoms with van der Waals surface area (Å²) >= 11 is 0. The number of hydrogen-bond acceptors (Lipinski definition) is 2. The van der Waals surface area contributed by atoms with E-state index < -0.39 is 0 Å². The molecule has 3 heterocycles. The number of hydrogen-bond donors (Lipinski definition) is 1. The predicted octanol–water partition coefficient (Wildman–Crippen LogP) is 1.96. The monoisotopic (exact) mass is 198 g/mol. The Balaban J connectivity index is 2.25. The van der Waals surface area contributed by atoms with Crippen molar-refractivity contribution in [3.8, 4) is 11.3 Å². The molecule has 0 unspecified atom stereocenters. The zero-order valence-corrected chi connectivity index (χ0v) is 8.31. The van der Waals surface area contributed by atoms with E-state index in [2.05, 4.69) is 25.8 Å². The third-order valence-corrected chi connectivity index (χ3v) is 2.55. The van der Waals surface area contributed by atoms with E-state index in [0.717, 1.165) is 22.3 Å². The van der Waals surface area contributed by atoms with Crippen molar-refractivity contribution >= 4 is 11.0 Å². The zero-order valence-electron chi connectivity index (χ0n) is 8.31. The second-order valence-corrected chi connectivity index (χ2v) is 3.53. The Labute approximate surface area is 86.6 Å². The Kier molecular flexibility index (Phi) is 1.62. The molecule has 0 fully saturated rings. The number of nitrogens with zero attached hydrogens (tertiary/aromatic N) is 3. The van der Waals surface area contributed by atoms with Crippen LogP contribution in [-0.4, -0.2) is 19.7 Å². The van der Waals surface area contributed by atoms with Crippen LogP contribution in [0.25, 0.3) is 22.3 Å². The van der Waals surface area contributed by atoms with Gasteiger partial charge in [0.25, 0.3) is 0 Å². The van der Waals surface area contributed by atoms with Crippen LogP contribution in [0, 0.1) is 0 Å². The molecule has 4 heteroatoms. The molecule has 0 aromatic carbocycles. The van der Waals surface area contributed by atoms with Gasteiger partial charge in [0.2, 0.25) is 0 Å². The highest BCUT2D eigenvalue weighted by Crippen LogP contribution is 2.20. The lowest BCUT2D eigenvalue weighted by molar-refractivity contribution is 0.968. The minimum absolute atomic E-state index is 0.991. The fourth-order valence-corrected chi connectivity index (χ4v) is 1.70. The quantitative estimate of drug-likeness (QED) is 0.649. The van der Waals surface area contributed by atoms with Crippen LogP contribution < -0.4 is 0 Å². The van der Waals surface area contributed by atoms with Crippen LogP contribution in [0.3, 0.4) is 0 Å². The highest BCUT2D eigenvalue weighted by molar-refractivity contribution is 5.80. The molecule has 0 spiro atoms. The molecule has 4 nitrogen and oxygen atoms in total. The topological polar surface area (TPSA) is 46.5 Å². The Morgan fingerprint density at radius 1 is 1.33 bits per heavy atom. The molecule has 0 atom stereocenters. The number of H-pyrrole nitrogens is 1. The zero-order chi connectivity index (χ0) is 10.3. The third-order valence-electron chi connectivity index (χ3n) is 2.55. The molecule has 0 aliphatic carbocycles. The summed E-state index contributed by atoms with van der Waals surface area (Å²) in [5.41, 5.74) is 4.19. The van der Waals surface area contributed by atoms with E-state index >= 15 is 0 Å². The lowest BCUT2D eigenvalue weighted by Crippen LogP contribution is -1.87. The van der Waals surface area contributed by atoms with Gasteiger partial charge in [-0.3, -0.25) is 10.1 Å². The molecule has 0 saturated carbocycles. The molecule has 0 amide bonds. The molecule has 3 rings (SSSR count). The second-order valence-electron chi connectivity index (χ2n) is 3.53. The highest BCUT2D eigenvalue weighted by Gasteiger charge is 2.03. The summed E-state index contributed by atoms with van der Waals surface area (Å²) in [5.74, 6) is 0. The van der Waals surface area contributed by atoms with E-state index in [-0.39, 0.29) is 0 Å². The average Bonchev–Trinajstić information content (AvgIpc) is 2.88. The lowest BCUT2D eigenvalue weighted by atomic mass is 10.2. The second kappa shape index (κ2) is 2.95. The molecule has 3 aromatic rings. The first kappa shape index (κ1) is 8.23. The van der Waals surface area contributed by atoms with Gasteiger partial charge in [0.05, 0.1) is 16.7 Å². The molecule has 0 radical (unpaired) electrons. The minimum atomic E-state index is 0.991. The van der Waals surface area contributed by atoms with Crippen LogP contribution in [0.5, 0.6) is 0 Å². The summed E-state index contributed by atoms with van der Waals surface area (Å²) in [4.78, 5) is 4.39. The van der Waals surface area contributed by atoms with Gasteiger partial charge < -0.3 is 4.57 Å². The van der Waals surface area contributed by atoms with Gasteiger partial charge in [-0.1, -0.05) is 0 Å². The molecule has 0 aliphatic rings. The largest absolute Gasteiger partial charge is 0.349 e. The van der Waals surface area contributed by atoms with E-state index in [1.54, 1.807) is 6.20 Å². The lowest BCUT2D eigenvalue weighted by Gasteiger charge is -1.99. The number of aryl methyl sites for hydroxylation is 1. The van der Waals surface area contributed by atoms with Crippen molar-refractivity contribution in [1.29, 1.82) is 0 Å². The van der Waals surface area contributed by atoms with Gasteiger partial charge in [0.1, 0.15) is 0 Å². The summed E-state index contributed by atoms with van der Waals surface area (Å²) in [6, 6.07) is 6.05. The van der Waals surface area contributed by atoms with Crippen molar-refractivity contribution in [2.24, 2.45) is 7.05 Å². The van der Waals surface area contributed by atoms with Crippen LogP contribution in [0.15, 0.2) is 36.8 Å². The van der Waals surface area contributed by atoms with Crippen molar-refractivity contribution in [1.82, 2.24) is 19.7 Å². The SMILES string of the molecule is Cn1ccc2ncc(-c3ccn[nH]3)cc21. The van der Waals surface area contributed by atoms with Gasteiger partial charge in [-0.2, -0.15) is 5.10 Å². The first-order chi connectivity index (χ1) is 7.34. The third kappa shape index (κ3) is 1.22. The van der Waals surface area contributed by atoms with E-state index in [1.807, 2.05) is 31.6 Å². The van der Waals surface area contributed by atoms with E-state index in [9.17, 15) is 0 Å². The Morgan fingerprint density at radius 2 is 2.27 bits per heavy atom. The molecular weight excluding hydrogens is 188 g/mol. The molecule has 1 N–H and O–H groups in total. The van der Waals surface area contributed by atoms with Crippen LogP contribution in [0.1, 0.15) is 0 Å². The maximum Gasteiger partial charge on any atom is 0.0881 e. The molecule has 0 bridgehead atoms. The Morgan fingerprint density at radius 3 is 3.07 bits per heavy atom. The number of aromatic nitrogens is 4. The summed E-state index contributed by atoms with van der Waals surface area (Å²) in [5, 5.41) is 6.86. The molecule has 0 aliphatic heterocycles. The molecule has 15 heavy (non-hydrogen) atoms. The van der Waals surface area contributed by atoms with Gasteiger partial charge in [-0.15, -0.1) is 0 Å². The molecule has 3 aromatic heterocycles. The first-order valence-electron chi connectivity index (χ1n) is 4.75. The number of nitrogens with one attached hydrogen (secondary N) is 1. The number of pyridine rings is 1. The minimum Gasteiger partial charge on any atom is -0.349 e. The van der Waals surface area contributed by atoms with Crippen LogP contribution >= 0.6 is 0 Å². The summed E-state index contributed by atoms with van der Waals surface area (Å²) in [6.45, 7) is 0. The standard InChI is InChI=1S/C11H10N4/c1-15-5-3-10-11(15)6-8(7-12-10)9-2-4-13-14-9/h2-7H,1H3,(H,13,14). The fraction of sp³-hybridized carbons (Fsp3) is 0.0909. The Bertz CT molecular complexity index is 592. The fourth-order valence-electron chi connectivity index (χ4n) is 1.70. The van der Waals surface area contributed by atoms with E-state index in [1.165, 1.54) is 0 Å². The van der Waals surface area contributed by atoms with Crippen molar-refractivity contribution in [2.45, 2.75) is 0 Å². The van der Waals surface area contributed by atoms with Crippen LogP contribution in [-0.2, 0) is 7.05 Å². The predicted molar refractivity (Wildman–Crippen MR) is 58.3 cm³/mol. The molecular formula is C11H10N4. The smallest absolute Gasteiger partial charge is 0.0881 e. The van der Waals surface area contributed by atoms with Gasteiger partial charge in [-0.25, -0.2) is 0 Å². The first-order valence-corrected chi connectivity index (χ1v) is 4.75. The number of rotatable bonds is 1. The normalized spacial score (nSPS) is 11.0. The van der Waals surface area contributed by atoms with Crippen molar-refractivity contribution in [3.05, 3.63) is 36.8 Å². The number of fused-ring (bicyclic) bond motifs is 1. The van der Waals surface area contributed by atoms with Gasteiger partial charge in [-0.05, 0) is 18.2 Å². The van der Waals surface area contributed by atoms with Crippen LogP contribution in [0.4, 0.5) is 0 Å². The summed E-state index contributed by atoms with van der Waals surface area (Å²) in [7, 11) is 2.01. The van der Waals surface area contributed by atoms with Gasteiger partial charge in [0, 0.05) is 31.2 Å². The van der Waals surface area contributed by atoms with Crippen LogP contribution in [0.2, 0.25) is 0 Å². The van der Waals surface area contributed by atoms with Crippen molar-refractivity contribution in [2.75, 3.05) is 0 Å². The molecule has 74 valence electrons. The Hall–Kier alpha value is -2.10. The van der Waals surface area contributed by atoms with Crippen molar-refractivity contribution < 1.29 is 0 Å². The van der Waals surface area contributed by atoms with E-state index in [0.29, 0.717) is 0 Å². The summed E-state index contributed by atoms with van der Waals surface area (Å²) < 4.78 is 2.06. The van der Waals surface area contributed by atoms with Gasteiger partial charge in [0.15, 0.2) is 0 Å². The van der Waals surface area contributed by atoms with E-state index in [4.69, 9.17) is 0 Å². The molecule has 0 saturated heterocycles. The number of aromatic amines is 1. The highest BCUT2D eigenvalue weighted by atomic mass is 15.1. The summed E-state index contributed by atoms with van der Waals surface area (Å²) in [6.07, 6.45) is 5.61. The maximum absolute atomic E-state index is 4.39. The average molecular weight is 198 g/mol.